The number of carbonyl (C=O) groups excluding carboxylic acids is 2. The molecular formula is C18H24N2O2S. The third kappa shape index (κ3) is 4.50. The zero-order chi connectivity index (χ0) is 16.1. The summed E-state index contributed by atoms with van der Waals surface area (Å²) < 4.78 is 0. The SMILES string of the molecule is O=C(CC1Sc2ccccc2NC1=O)NCCCC1CCCC1. The van der Waals surface area contributed by atoms with Crippen molar-refractivity contribution >= 4 is 29.3 Å². The van der Waals surface area contributed by atoms with Gasteiger partial charge in [0.05, 0.1) is 10.9 Å². The number of nitrogens with one attached hydrogen (secondary N) is 2. The fourth-order valence-corrected chi connectivity index (χ4v) is 4.50. The molecule has 4 nitrogen and oxygen atoms in total. The number of carbonyl (C=O) groups is 2. The summed E-state index contributed by atoms with van der Waals surface area (Å²) in [4.78, 5) is 25.2. The molecule has 1 saturated carbocycles. The van der Waals surface area contributed by atoms with Gasteiger partial charge in [-0.3, -0.25) is 9.59 Å². The van der Waals surface area contributed by atoms with Crippen LogP contribution >= 0.6 is 11.8 Å². The lowest BCUT2D eigenvalue weighted by Crippen LogP contribution is -2.35. The number of hydrogen-bond acceptors (Lipinski definition) is 3. The summed E-state index contributed by atoms with van der Waals surface area (Å²) in [5, 5.41) is 5.51. The molecule has 1 aromatic carbocycles. The van der Waals surface area contributed by atoms with Crippen molar-refractivity contribution in [2.75, 3.05) is 11.9 Å². The molecule has 2 amide bonds. The van der Waals surface area contributed by atoms with Gasteiger partial charge in [-0.05, 0) is 30.9 Å². The molecule has 1 aromatic rings. The Balaban J connectivity index is 1.40. The highest BCUT2D eigenvalue weighted by Gasteiger charge is 2.28. The van der Waals surface area contributed by atoms with Gasteiger partial charge in [0.2, 0.25) is 11.8 Å². The summed E-state index contributed by atoms with van der Waals surface area (Å²) >= 11 is 1.48. The second kappa shape index (κ2) is 7.86. The van der Waals surface area contributed by atoms with E-state index in [1.165, 1.54) is 43.9 Å². The second-order valence-electron chi connectivity index (χ2n) is 6.44. The van der Waals surface area contributed by atoms with Gasteiger partial charge in [0.25, 0.3) is 0 Å². The van der Waals surface area contributed by atoms with E-state index in [1.807, 2.05) is 24.3 Å². The minimum atomic E-state index is -0.334. The van der Waals surface area contributed by atoms with Crippen molar-refractivity contribution in [1.82, 2.24) is 5.32 Å². The number of thioether (sulfide) groups is 1. The zero-order valence-electron chi connectivity index (χ0n) is 13.3. The molecule has 124 valence electrons. The molecule has 1 aliphatic carbocycles. The number of para-hydroxylation sites is 1. The number of amides is 2. The maximum atomic E-state index is 12.1. The van der Waals surface area contributed by atoms with Crippen molar-refractivity contribution in [1.29, 1.82) is 0 Å². The number of rotatable bonds is 6. The topological polar surface area (TPSA) is 58.2 Å². The highest BCUT2D eigenvalue weighted by molar-refractivity contribution is 8.01. The first-order chi connectivity index (χ1) is 11.2. The van der Waals surface area contributed by atoms with Crippen molar-refractivity contribution in [3.05, 3.63) is 24.3 Å². The Kier molecular flexibility index (Phi) is 5.60. The van der Waals surface area contributed by atoms with Gasteiger partial charge >= 0.3 is 0 Å². The van der Waals surface area contributed by atoms with Crippen LogP contribution in [0.4, 0.5) is 5.69 Å². The van der Waals surface area contributed by atoms with Gasteiger partial charge in [0.1, 0.15) is 0 Å². The maximum absolute atomic E-state index is 12.1. The minimum Gasteiger partial charge on any atom is -0.356 e. The van der Waals surface area contributed by atoms with Gasteiger partial charge in [-0.15, -0.1) is 11.8 Å². The molecule has 23 heavy (non-hydrogen) atoms. The lowest BCUT2D eigenvalue weighted by atomic mass is 10.0. The fourth-order valence-electron chi connectivity index (χ4n) is 3.39. The maximum Gasteiger partial charge on any atom is 0.238 e. The van der Waals surface area contributed by atoms with E-state index in [2.05, 4.69) is 10.6 Å². The first-order valence-electron chi connectivity index (χ1n) is 8.55. The third-order valence-corrected chi connectivity index (χ3v) is 5.94. The molecule has 2 N–H and O–H groups in total. The van der Waals surface area contributed by atoms with E-state index in [9.17, 15) is 9.59 Å². The van der Waals surface area contributed by atoms with Crippen molar-refractivity contribution in [2.24, 2.45) is 5.92 Å². The average Bonchev–Trinajstić information content (AvgIpc) is 3.06. The quantitative estimate of drug-likeness (QED) is 0.783. The van der Waals surface area contributed by atoms with E-state index in [0.29, 0.717) is 0 Å². The molecule has 3 rings (SSSR count). The number of benzene rings is 1. The summed E-state index contributed by atoms with van der Waals surface area (Å²) in [6, 6.07) is 7.71. The second-order valence-corrected chi connectivity index (χ2v) is 7.68. The van der Waals surface area contributed by atoms with Gasteiger partial charge in [-0.25, -0.2) is 0 Å². The Morgan fingerprint density at radius 2 is 2.04 bits per heavy atom. The molecule has 1 unspecified atom stereocenters. The van der Waals surface area contributed by atoms with Crippen LogP contribution in [0.25, 0.3) is 0 Å². The Labute approximate surface area is 141 Å². The Morgan fingerprint density at radius 3 is 2.87 bits per heavy atom. The first kappa shape index (κ1) is 16.4. The molecule has 0 spiro atoms. The predicted octanol–water partition coefficient (Wildman–Crippen LogP) is 3.58. The molecule has 5 heteroatoms. The Morgan fingerprint density at radius 1 is 1.26 bits per heavy atom. The van der Waals surface area contributed by atoms with Gasteiger partial charge in [-0.2, -0.15) is 0 Å². The van der Waals surface area contributed by atoms with E-state index < -0.39 is 0 Å². The summed E-state index contributed by atoms with van der Waals surface area (Å²) in [5.41, 5.74) is 0.843. The van der Waals surface area contributed by atoms with Crippen LogP contribution in [-0.4, -0.2) is 23.6 Å². The van der Waals surface area contributed by atoms with Crippen LogP contribution in [0.15, 0.2) is 29.2 Å². The molecule has 2 aliphatic rings. The normalized spacial score (nSPS) is 20.9. The number of anilines is 1. The molecule has 0 bridgehead atoms. The highest BCUT2D eigenvalue weighted by Crippen LogP contribution is 2.36. The van der Waals surface area contributed by atoms with Gasteiger partial charge in [0, 0.05) is 17.9 Å². The highest BCUT2D eigenvalue weighted by atomic mass is 32.2. The van der Waals surface area contributed by atoms with E-state index in [4.69, 9.17) is 0 Å². The summed E-state index contributed by atoms with van der Waals surface area (Å²) in [6.45, 7) is 0.727. The zero-order valence-corrected chi connectivity index (χ0v) is 14.2. The van der Waals surface area contributed by atoms with Crippen molar-refractivity contribution in [3.8, 4) is 0 Å². The van der Waals surface area contributed by atoms with Crippen LogP contribution in [0.3, 0.4) is 0 Å². The van der Waals surface area contributed by atoms with Crippen LogP contribution in [-0.2, 0) is 9.59 Å². The molecule has 1 heterocycles. The van der Waals surface area contributed by atoms with Crippen LogP contribution in [0.1, 0.15) is 44.9 Å². The number of hydrogen-bond donors (Lipinski definition) is 2. The Bertz CT molecular complexity index is 570. The standard InChI is InChI=1S/C18H24N2O2S/c21-17(19-11-5-8-13-6-1-2-7-13)12-16-18(22)20-14-9-3-4-10-15(14)23-16/h3-4,9-10,13,16H,1-2,5-8,11-12H2,(H,19,21)(H,20,22). The lowest BCUT2D eigenvalue weighted by Gasteiger charge is -2.23. The molecule has 1 fully saturated rings. The first-order valence-corrected chi connectivity index (χ1v) is 9.43. The minimum absolute atomic E-state index is 0.0246. The van der Waals surface area contributed by atoms with Gasteiger partial charge in [0.15, 0.2) is 0 Å². The van der Waals surface area contributed by atoms with E-state index in [1.54, 1.807) is 0 Å². The smallest absolute Gasteiger partial charge is 0.238 e. The number of fused-ring (bicyclic) bond motifs is 1. The van der Waals surface area contributed by atoms with Crippen molar-refractivity contribution < 1.29 is 9.59 Å². The predicted molar refractivity (Wildman–Crippen MR) is 93.5 cm³/mol. The van der Waals surface area contributed by atoms with E-state index >= 15 is 0 Å². The monoisotopic (exact) mass is 332 g/mol. The van der Waals surface area contributed by atoms with Crippen LogP contribution < -0.4 is 10.6 Å². The molecule has 1 aliphatic heterocycles. The fraction of sp³-hybridized carbons (Fsp3) is 0.556. The molecule has 1 atom stereocenters. The van der Waals surface area contributed by atoms with E-state index in [0.717, 1.165) is 29.5 Å². The lowest BCUT2D eigenvalue weighted by molar-refractivity contribution is -0.124. The van der Waals surface area contributed by atoms with Crippen LogP contribution in [0, 0.1) is 5.92 Å². The molecule has 0 saturated heterocycles. The van der Waals surface area contributed by atoms with Gasteiger partial charge in [-0.1, -0.05) is 37.8 Å². The molecule has 0 aromatic heterocycles. The van der Waals surface area contributed by atoms with Crippen molar-refractivity contribution in [3.63, 3.8) is 0 Å². The van der Waals surface area contributed by atoms with Crippen LogP contribution in [0.5, 0.6) is 0 Å². The van der Waals surface area contributed by atoms with Gasteiger partial charge < -0.3 is 10.6 Å². The van der Waals surface area contributed by atoms with E-state index in [-0.39, 0.29) is 23.5 Å². The largest absolute Gasteiger partial charge is 0.356 e. The summed E-state index contributed by atoms with van der Waals surface area (Å²) in [6.07, 6.45) is 7.95. The molecular weight excluding hydrogens is 308 g/mol. The summed E-state index contributed by atoms with van der Waals surface area (Å²) in [7, 11) is 0. The third-order valence-electron chi connectivity index (χ3n) is 4.66. The summed E-state index contributed by atoms with van der Waals surface area (Å²) in [5.74, 6) is 0.765. The van der Waals surface area contributed by atoms with Crippen molar-refractivity contribution in [2.45, 2.75) is 55.1 Å². The molecule has 0 radical (unpaired) electrons. The van der Waals surface area contributed by atoms with Crippen LogP contribution in [0.2, 0.25) is 0 Å². The Hall–Kier alpha value is -1.49. The average molecular weight is 332 g/mol.